The first kappa shape index (κ1) is 17.3. The topological polar surface area (TPSA) is 78.4 Å². The number of nitrogens with one attached hydrogen (secondary N) is 2. The number of urea groups is 1. The predicted octanol–water partition coefficient (Wildman–Crippen LogP) is 3.34. The standard InChI is InChI=1S/C15H21ClN2O3/c1-10(11-4-6-12(16)7-5-11)17-14(21)18-15(2,3)9-8-13(19)20/h4-7,10H,8-9H2,1-3H3,(H,19,20)(H2,17,18,21). The van der Waals surface area contributed by atoms with Crippen molar-refractivity contribution >= 4 is 23.6 Å². The van der Waals surface area contributed by atoms with Crippen LogP contribution in [0.3, 0.4) is 0 Å². The molecule has 5 nitrogen and oxygen atoms in total. The van der Waals surface area contributed by atoms with Crippen molar-refractivity contribution < 1.29 is 14.7 Å². The third-order valence-corrected chi connectivity index (χ3v) is 3.39. The van der Waals surface area contributed by atoms with Crippen LogP contribution < -0.4 is 10.6 Å². The molecule has 0 saturated heterocycles. The number of carbonyl (C=O) groups is 2. The second-order valence-corrected chi connectivity index (χ2v) is 6.09. The Morgan fingerprint density at radius 2 is 1.86 bits per heavy atom. The van der Waals surface area contributed by atoms with Crippen molar-refractivity contribution in [1.82, 2.24) is 10.6 Å². The van der Waals surface area contributed by atoms with Gasteiger partial charge in [-0.2, -0.15) is 0 Å². The minimum Gasteiger partial charge on any atom is -0.481 e. The molecule has 0 saturated carbocycles. The summed E-state index contributed by atoms with van der Waals surface area (Å²) in [6.45, 7) is 5.46. The molecule has 1 aromatic rings. The minimum atomic E-state index is -0.875. The summed E-state index contributed by atoms with van der Waals surface area (Å²) in [5.74, 6) is -0.875. The number of carboxylic acids is 1. The van der Waals surface area contributed by atoms with Gasteiger partial charge in [0.15, 0.2) is 0 Å². The Labute approximate surface area is 129 Å². The van der Waals surface area contributed by atoms with E-state index < -0.39 is 11.5 Å². The molecule has 1 aromatic carbocycles. The lowest BCUT2D eigenvalue weighted by molar-refractivity contribution is -0.137. The Morgan fingerprint density at radius 3 is 2.38 bits per heavy atom. The van der Waals surface area contributed by atoms with E-state index in [-0.39, 0.29) is 18.5 Å². The van der Waals surface area contributed by atoms with Crippen LogP contribution in [0.5, 0.6) is 0 Å². The molecular weight excluding hydrogens is 292 g/mol. The van der Waals surface area contributed by atoms with Gasteiger partial charge in [0.1, 0.15) is 0 Å². The smallest absolute Gasteiger partial charge is 0.315 e. The molecule has 0 aliphatic rings. The number of rotatable bonds is 6. The molecule has 0 aromatic heterocycles. The van der Waals surface area contributed by atoms with Gasteiger partial charge in [-0.25, -0.2) is 4.79 Å². The largest absolute Gasteiger partial charge is 0.481 e. The average Bonchev–Trinajstić information content (AvgIpc) is 2.36. The summed E-state index contributed by atoms with van der Waals surface area (Å²) in [7, 11) is 0. The molecule has 0 heterocycles. The molecule has 6 heteroatoms. The molecule has 1 atom stereocenters. The molecule has 0 fully saturated rings. The van der Waals surface area contributed by atoms with Crippen LogP contribution in [0.15, 0.2) is 24.3 Å². The molecule has 0 aliphatic heterocycles. The lowest BCUT2D eigenvalue weighted by Gasteiger charge is -2.27. The number of hydrogen-bond acceptors (Lipinski definition) is 2. The zero-order valence-corrected chi connectivity index (χ0v) is 13.2. The van der Waals surface area contributed by atoms with Gasteiger partial charge in [-0.1, -0.05) is 23.7 Å². The maximum Gasteiger partial charge on any atom is 0.315 e. The van der Waals surface area contributed by atoms with Gasteiger partial charge in [0.2, 0.25) is 0 Å². The van der Waals surface area contributed by atoms with Crippen molar-refractivity contribution in [3.63, 3.8) is 0 Å². The first-order chi connectivity index (χ1) is 9.69. The molecule has 0 radical (unpaired) electrons. The fourth-order valence-corrected chi connectivity index (χ4v) is 1.98. The van der Waals surface area contributed by atoms with Crippen LogP contribution in [0.4, 0.5) is 4.79 Å². The van der Waals surface area contributed by atoms with E-state index in [2.05, 4.69) is 10.6 Å². The summed E-state index contributed by atoms with van der Waals surface area (Å²) in [4.78, 5) is 22.5. The lowest BCUT2D eigenvalue weighted by atomic mass is 9.99. The Hall–Kier alpha value is -1.75. The molecule has 116 valence electrons. The number of carbonyl (C=O) groups excluding carboxylic acids is 1. The molecule has 0 aliphatic carbocycles. The van der Waals surface area contributed by atoms with Gasteiger partial charge in [0.25, 0.3) is 0 Å². The van der Waals surface area contributed by atoms with Crippen LogP contribution in [-0.2, 0) is 4.79 Å². The van der Waals surface area contributed by atoms with Crippen LogP contribution in [0.2, 0.25) is 5.02 Å². The van der Waals surface area contributed by atoms with E-state index in [1.807, 2.05) is 19.1 Å². The SMILES string of the molecule is CC(NC(=O)NC(C)(C)CCC(=O)O)c1ccc(Cl)cc1. The predicted molar refractivity (Wildman–Crippen MR) is 82.5 cm³/mol. The minimum absolute atomic E-state index is 0.0139. The zero-order valence-electron chi connectivity index (χ0n) is 12.4. The van der Waals surface area contributed by atoms with Crippen LogP contribution in [0.1, 0.15) is 45.2 Å². The number of carboxylic acid groups (broad SMARTS) is 1. The molecule has 21 heavy (non-hydrogen) atoms. The second-order valence-electron chi connectivity index (χ2n) is 5.65. The number of hydrogen-bond donors (Lipinski definition) is 3. The third kappa shape index (κ3) is 6.49. The number of amides is 2. The lowest BCUT2D eigenvalue weighted by Crippen LogP contribution is -2.49. The van der Waals surface area contributed by atoms with Gasteiger partial charge in [-0.3, -0.25) is 4.79 Å². The zero-order chi connectivity index (χ0) is 16.0. The molecule has 0 bridgehead atoms. The summed E-state index contributed by atoms with van der Waals surface area (Å²) in [5.41, 5.74) is 0.361. The Balaban J connectivity index is 2.52. The van der Waals surface area contributed by atoms with Crippen molar-refractivity contribution in [3.05, 3.63) is 34.9 Å². The van der Waals surface area contributed by atoms with Crippen molar-refractivity contribution in [3.8, 4) is 0 Å². The average molecular weight is 313 g/mol. The van der Waals surface area contributed by atoms with Crippen LogP contribution in [-0.4, -0.2) is 22.6 Å². The van der Waals surface area contributed by atoms with Gasteiger partial charge in [0, 0.05) is 17.0 Å². The summed E-state index contributed by atoms with van der Waals surface area (Å²) in [6, 6.07) is 6.74. The molecule has 0 spiro atoms. The van der Waals surface area contributed by atoms with Crippen LogP contribution in [0.25, 0.3) is 0 Å². The normalized spacial score (nSPS) is 12.6. The van der Waals surface area contributed by atoms with E-state index in [1.54, 1.807) is 26.0 Å². The highest BCUT2D eigenvalue weighted by molar-refractivity contribution is 6.30. The first-order valence-corrected chi connectivity index (χ1v) is 7.13. The monoisotopic (exact) mass is 312 g/mol. The van der Waals surface area contributed by atoms with E-state index in [0.29, 0.717) is 11.4 Å². The van der Waals surface area contributed by atoms with E-state index in [1.165, 1.54) is 0 Å². The molecular formula is C15H21ClN2O3. The van der Waals surface area contributed by atoms with Gasteiger partial charge in [-0.15, -0.1) is 0 Å². The maximum absolute atomic E-state index is 12.0. The van der Waals surface area contributed by atoms with Gasteiger partial charge < -0.3 is 15.7 Å². The van der Waals surface area contributed by atoms with Gasteiger partial charge in [0.05, 0.1) is 6.04 Å². The molecule has 3 N–H and O–H groups in total. The summed E-state index contributed by atoms with van der Waals surface area (Å²) in [5, 5.41) is 14.9. The van der Waals surface area contributed by atoms with Crippen molar-refractivity contribution in [2.45, 2.75) is 45.2 Å². The highest BCUT2D eigenvalue weighted by Crippen LogP contribution is 2.16. The van der Waals surface area contributed by atoms with E-state index in [4.69, 9.17) is 16.7 Å². The highest BCUT2D eigenvalue weighted by Gasteiger charge is 2.22. The van der Waals surface area contributed by atoms with Crippen molar-refractivity contribution in [2.24, 2.45) is 0 Å². The Bertz CT molecular complexity index is 500. The van der Waals surface area contributed by atoms with E-state index in [0.717, 1.165) is 5.56 Å². The Morgan fingerprint density at radius 1 is 1.29 bits per heavy atom. The highest BCUT2D eigenvalue weighted by atomic mass is 35.5. The Kier molecular flexibility index (Phi) is 6.03. The quantitative estimate of drug-likeness (QED) is 0.753. The summed E-state index contributed by atoms with van der Waals surface area (Å²) < 4.78 is 0. The number of benzene rings is 1. The summed E-state index contributed by atoms with van der Waals surface area (Å²) in [6.07, 6.45) is 0.380. The number of aliphatic carboxylic acids is 1. The van der Waals surface area contributed by atoms with E-state index in [9.17, 15) is 9.59 Å². The fourth-order valence-electron chi connectivity index (χ4n) is 1.86. The maximum atomic E-state index is 12.0. The summed E-state index contributed by atoms with van der Waals surface area (Å²) >= 11 is 5.82. The molecule has 1 rings (SSSR count). The van der Waals surface area contributed by atoms with Gasteiger partial charge >= 0.3 is 12.0 Å². The number of halogens is 1. The van der Waals surface area contributed by atoms with Crippen LogP contribution >= 0.6 is 11.6 Å². The third-order valence-electron chi connectivity index (χ3n) is 3.13. The van der Waals surface area contributed by atoms with E-state index >= 15 is 0 Å². The second kappa shape index (κ2) is 7.31. The van der Waals surface area contributed by atoms with Crippen molar-refractivity contribution in [2.75, 3.05) is 0 Å². The molecule has 2 amide bonds. The first-order valence-electron chi connectivity index (χ1n) is 6.75. The van der Waals surface area contributed by atoms with Gasteiger partial charge in [-0.05, 0) is 44.9 Å². The van der Waals surface area contributed by atoms with Crippen LogP contribution in [0, 0.1) is 0 Å². The fraction of sp³-hybridized carbons (Fsp3) is 0.467. The van der Waals surface area contributed by atoms with Crippen molar-refractivity contribution in [1.29, 1.82) is 0 Å². The molecule has 1 unspecified atom stereocenters.